The van der Waals surface area contributed by atoms with Crippen LogP contribution in [0.15, 0.2) is 58.1 Å². The molecule has 1 N–H and O–H groups in total. The molecule has 12 nitrogen and oxygen atoms in total. The van der Waals surface area contributed by atoms with E-state index in [4.69, 9.17) is 19.2 Å². The lowest BCUT2D eigenvalue weighted by Gasteiger charge is -2.36. The second-order valence-electron chi connectivity index (χ2n) is 11.0. The number of nitrogens with one attached hydrogen (secondary N) is 1. The Balaban J connectivity index is 1.38. The molecule has 2 aliphatic rings. The fourth-order valence-corrected chi connectivity index (χ4v) is 5.62. The molecule has 2 aromatic heterocycles. The molecule has 0 radical (unpaired) electrons. The Kier molecular flexibility index (Phi) is 8.15. The highest BCUT2D eigenvalue weighted by Crippen LogP contribution is 2.36. The Morgan fingerprint density at radius 1 is 1.09 bits per heavy atom. The zero-order valence-electron chi connectivity index (χ0n) is 24.5. The van der Waals surface area contributed by atoms with Crippen LogP contribution in [0.3, 0.4) is 0 Å². The molecule has 0 atom stereocenters. The summed E-state index contributed by atoms with van der Waals surface area (Å²) >= 11 is 0. The molecule has 2 aliphatic heterocycles. The van der Waals surface area contributed by atoms with Crippen LogP contribution in [0.5, 0.6) is 5.75 Å². The molecule has 2 aromatic carbocycles. The number of carbonyl (C=O) groups is 1. The lowest BCUT2D eigenvalue weighted by atomic mass is 9.80. The van der Waals surface area contributed by atoms with Gasteiger partial charge in [-0.25, -0.2) is 14.2 Å². The molecule has 4 aromatic rings. The van der Waals surface area contributed by atoms with Crippen molar-refractivity contribution in [1.29, 1.82) is 0 Å². The largest absolute Gasteiger partial charge is 0.481 e. The van der Waals surface area contributed by atoms with Gasteiger partial charge in [0.15, 0.2) is 5.69 Å². The summed E-state index contributed by atoms with van der Waals surface area (Å²) in [5.74, 6) is -0.476. The molecule has 0 aliphatic carbocycles. The Morgan fingerprint density at radius 3 is 2.59 bits per heavy atom. The van der Waals surface area contributed by atoms with Crippen molar-refractivity contribution < 1.29 is 23.4 Å². The van der Waals surface area contributed by atoms with Crippen molar-refractivity contribution >= 4 is 5.91 Å². The molecular formula is C31H33FN6O6. The van der Waals surface area contributed by atoms with Crippen LogP contribution in [0.2, 0.25) is 0 Å². The third-order valence-electron chi connectivity index (χ3n) is 8.24. The lowest BCUT2D eigenvalue weighted by Crippen LogP contribution is -2.43. The number of halogens is 1. The van der Waals surface area contributed by atoms with Crippen LogP contribution in [0.4, 0.5) is 4.39 Å². The standard InChI is InChI=1S/C31H33FN6O6/c1-20-35-38(30(41)36(20)2)24-16-23(32)9-8-22(24)17-33-27(39)25-26(44-18-21-6-4-3-5-7-21)28(40)37-12-15-43-19-31(29(37)34-25)10-13-42-14-11-31/h3-9,16H,10-15,17-19H2,1-2H3,(H,33,39). The molecule has 1 fully saturated rings. The third-order valence-corrected chi connectivity index (χ3v) is 8.24. The van der Waals surface area contributed by atoms with Crippen LogP contribution in [0.25, 0.3) is 5.69 Å². The van der Waals surface area contributed by atoms with E-state index in [2.05, 4.69) is 10.4 Å². The van der Waals surface area contributed by atoms with E-state index in [9.17, 15) is 18.8 Å². The molecule has 1 saturated heterocycles. The molecule has 0 saturated carbocycles. The van der Waals surface area contributed by atoms with Crippen molar-refractivity contribution in [2.24, 2.45) is 7.05 Å². The predicted molar refractivity (Wildman–Crippen MR) is 156 cm³/mol. The number of aryl methyl sites for hydroxylation is 1. The molecule has 230 valence electrons. The van der Waals surface area contributed by atoms with Gasteiger partial charge in [-0.05, 0) is 37.0 Å². The Hall–Kier alpha value is -4.62. The summed E-state index contributed by atoms with van der Waals surface area (Å²) in [6.45, 7) is 3.51. The van der Waals surface area contributed by atoms with E-state index in [1.54, 1.807) is 18.5 Å². The Labute approximate surface area is 252 Å². The minimum absolute atomic E-state index is 0.0525. The number of benzene rings is 2. The van der Waals surface area contributed by atoms with Crippen LogP contribution in [0, 0.1) is 12.7 Å². The van der Waals surface area contributed by atoms with Crippen molar-refractivity contribution in [1.82, 2.24) is 29.2 Å². The highest BCUT2D eigenvalue weighted by atomic mass is 19.1. The second-order valence-corrected chi connectivity index (χ2v) is 11.0. The normalized spacial score (nSPS) is 15.9. The van der Waals surface area contributed by atoms with Gasteiger partial charge in [0, 0.05) is 32.9 Å². The molecular weight excluding hydrogens is 571 g/mol. The average molecular weight is 605 g/mol. The first-order valence-corrected chi connectivity index (χ1v) is 14.4. The van der Waals surface area contributed by atoms with Gasteiger partial charge in [-0.3, -0.25) is 18.7 Å². The maximum atomic E-state index is 14.3. The zero-order valence-corrected chi connectivity index (χ0v) is 24.5. The number of fused-ring (bicyclic) bond motifs is 2. The van der Waals surface area contributed by atoms with Crippen molar-refractivity contribution in [3.8, 4) is 11.4 Å². The van der Waals surface area contributed by atoms with Gasteiger partial charge in [0.05, 0.1) is 30.9 Å². The fraction of sp³-hybridized carbons (Fsp3) is 0.387. The zero-order chi connectivity index (χ0) is 30.8. The number of aromatic nitrogens is 5. The summed E-state index contributed by atoms with van der Waals surface area (Å²) in [5, 5.41) is 7.05. The summed E-state index contributed by atoms with van der Waals surface area (Å²) in [5.41, 5.74) is -0.232. The SMILES string of the molecule is Cc1nn(-c2cc(F)ccc2CNC(=O)c2nc3n(c(=O)c2OCc2ccccc2)CCOCC32CCOCC2)c(=O)n1C. The van der Waals surface area contributed by atoms with Crippen molar-refractivity contribution in [3.05, 3.63) is 104 Å². The van der Waals surface area contributed by atoms with Crippen LogP contribution in [-0.4, -0.2) is 56.2 Å². The summed E-state index contributed by atoms with van der Waals surface area (Å²) < 4.78 is 35.8. The minimum Gasteiger partial charge on any atom is -0.481 e. The van der Waals surface area contributed by atoms with E-state index in [1.165, 1.54) is 22.8 Å². The van der Waals surface area contributed by atoms with E-state index in [1.807, 2.05) is 30.3 Å². The highest BCUT2D eigenvalue weighted by Gasteiger charge is 2.42. The number of carbonyl (C=O) groups excluding carboxylic acids is 1. The van der Waals surface area contributed by atoms with Gasteiger partial charge in [-0.2, -0.15) is 9.78 Å². The first-order chi connectivity index (χ1) is 21.3. The molecule has 1 amide bonds. The van der Waals surface area contributed by atoms with Crippen molar-refractivity contribution in [2.75, 3.05) is 26.4 Å². The molecule has 6 rings (SSSR count). The number of hydrogen-bond acceptors (Lipinski definition) is 8. The molecule has 0 unspecified atom stereocenters. The van der Waals surface area contributed by atoms with E-state index in [0.29, 0.717) is 56.5 Å². The fourth-order valence-electron chi connectivity index (χ4n) is 5.62. The van der Waals surface area contributed by atoms with Crippen molar-refractivity contribution in [2.45, 2.75) is 44.9 Å². The third kappa shape index (κ3) is 5.55. The molecule has 13 heteroatoms. The maximum Gasteiger partial charge on any atom is 0.350 e. The van der Waals surface area contributed by atoms with Crippen LogP contribution in [0.1, 0.15) is 46.1 Å². The summed E-state index contributed by atoms with van der Waals surface area (Å²) in [7, 11) is 1.57. The summed E-state index contributed by atoms with van der Waals surface area (Å²) in [6, 6.07) is 13.2. The molecule has 44 heavy (non-hydrogen) atoms. The number of rotatable bonds is 7. The monoisotopic (exact) mass is 604 g/mol. The minimum atomic E-state index is -0.652. The van der Waals surface area contributed by atoms with E-state index in [-0.39, 0.29) is 36.8 Å². The first kappa shape index (κ1) is 29.5. The number of hydrogen-bond donors (Lipinski definition) is 1. The van der Waals surface area contributed by atoms with Gasteiger partial charge in [0.2, 0.25) is 5.75 Å². The number of ether oxygens (including phenoxy) is 3. The highest BCUT2D eigenvalue weighted by molar-refractivity contribution is 5.94. The van der Waals surface area contributed by atoms with Gasteiger partial charge in [-0.15, -0.1) is 0 Å². The lowest BCUT2D eigenvalue weighted by molar-refractivity contribution is 0.00412. The topological polar surface area (TPSA) is 132 Å². The smallest absolute Gasteiger partial charge is 0.350 e. The van der Waals surface area contributed by atoms with Crippen molar-refractivity contribution in [3.63, 3.8) is 0 Å². The van der Waals surface area contributed by atoms with Gasteiger partial charge >= 0.3 is 5.69 Å². The molecule has 0 bridgehead atoms. The first-order valence-electron chi connectivity index (χ1n) is 14.4. The predicted octanol–water partition coefficient (Wildman–Crippen LogP) is 2.16. The Morgan fingerprint density at radius 2 is 1.86 bits per heavy atom. The quantitative estimate of drug-likeness (QED) is 0.340. The van der Waals surface area contributed by atoms with Crippen LogP contribution >= 0.6 is 0 Å². The summed E-state index contributed by atoms with van der Waals surface area (Å²) in [4.78, 5) is 45.5. The van der Waals surface area contributed by atoms with Gasteiger partial charge in [0.25, 0.3) is 11.5 Å². The van der Waals surface area contributed by atoms with Crippen LogP contribution in [-0.2, 0) is 41.6 Å². The van der Waals surface area contributed by atoms with Gasteiger partial charge < -0.3 is 19.5 Å². The molecule has 4 heterocycles. The Bertz CT molecular complexity index is 1810. The van der Waals surface area contributed by atoms with E-state index >= 15 is 0 Å². The van der Waals surface area contributed by atoms with Crippen LogP contribution < -0.4 is 21.3 Å². The second kappa shape index (κ2) is 12.2. The average Bonchev–Trinajstić information content (AvgIpc) is 3.18. The molecule has 1 spiro atoms. The van der Waals surface area contributed by atoms with Gasteiger partial charge in [-0.1, -0.05) is 36.4 Å². The van der Waals surface area contributed by atoms with Gasteiger partial charge in [0.1, 0.15) is 24.1 Å². The summed E-state index contributed by atoms with van der Waals surface area (Å²) in [6.07, 6.45) is 1.17. The van der Waals surface area contributed by atoms with E-state index < -0.39 is 28.4 Å². The number of amides is 1. The maximum absolute atomic E-state index is 14.3. The van der Waals surface area contributed by atoms with E-state index in [0.717, 1.165) is 10.2 Å². The number of nitrogens with zero attached hydrogens (tertiary/aromatic N) is 5.